The number of aromatic nitrogens is 1. The predicted molar refractivity (Wildman–Crippen MR) is 127 cm³/mol. The number of fused-ring (bicyclic) bond motifs is 3. The number of Topliss-reactive ketones (excluding diaryl/α,β-unsaturated/α-hetero) is 2. The van der Waals surface area contributed by atoms with Gasteiger partial charge in [0.05, 0.1) is 17.7 Å². The van der Waals surface area contributed by atoms with Gasteiger partial charge >= 0.3 is 0 Å². The first-order chi connectivity index (χ1) is 16.0. The number of hydrogen-bond donors (Lipinski definition) is 0. The zero-order valence-corrected chi connectivity index (χ0v) is 19.4. The Morgan fingerprint density at radius 3 is 2.76 bits per heavy atom. The number of likely N-dealkylation sites (N-methyl/N-ethyl adjacent to an activating group) is 1. The van der Waals surface area contributed by atoms with E-state index in [4.69, 9.17) is 9.26 Å². The molecule has 0 spiro atoms. The van der Waals surface area contributed by atoms with Crippen LogP contribution in [0.25, 0.3) is 21.7 Å². The molecular weight excluding hydrogens is 418 g/mol. The Morgan fingerprint density at radius 2 is 1.97 bits per heavy atom. The Hall–Kier alpha value is -2.77. The summed E-state index contributed by atoms with van der Waals surface area (Å²) in [7, 11) is 4.37. The first-order valence-corrected chi connectivity index (χ1v) is 11.9. The smallest absolute Gasteiger partial charge is 0.167 e. The van der Waals surface area contributed by atoms with Crippen molar-refractivity contribution in [2.75, 3.05) is 40.3 Å². The second-order valence-corrected chi connectivity index (χ2v) is 9.53. The second-order valence-electron chi connectivity index (χ2n) is 9.53. The molecule has 33 heavy (non-hydrogen) atoms. The Morgan fingerprint density at radius 1 is 1.15 bits per heavy atom. The molecule has 1 aliphatic carbocycles. The monoisotopic (exact) mass is 449 g/mol. The third-order valence-electron chi connectivity index (χ3n) is 7.28. The Bertz CT molecular complexity index is 1180. The predicted octanol–water partition coefficient (Wildman–Crippen LogP) is 3.79. The summed E-state index contributed by atoms with van der Waals surface area (Å²) in [6.07, 6.45) is 3.32. The fraction of sp³-hybridized carbons (Fsp3) is 0.500. The lowest BCUT2D eigenvalue weighted by Crippen LogP contribution is -2.43. The fourth-order valence-corrected chi connectivity index (χ4v) is 5.19. The Labute approximate surface area is 193 Å². The number of likely N-dealkylation sites (tertiary alicyclic amines) is 1. The van der Waals surface area contributed by atoms with Crippen molar-refractivity contribution in [3.05, 3.63) is 36.0 Å². The molecule has 7 nitrogen and oxygen atoms in total. The fourth-order valence-electron chi connectivity index (χ4n) is 5.19. The molecule has 2 aliphatic rings. The molecule has 1 saturated heterocycles. The lowest BCUT2D eigenvalue weighted by atomic mass is 9.83. The molecule has 0 amide bonds. The van der Waals surface area contributed by atoms with Crippen LogP contribution in [-0.4, -0.2) is 72.9 Å². The summed E-state index contributed by atoms with van der Waals surface area (Å²) in [6.45, 7) is 3.84. The van der Waals surface area contributed by atoms with Crippen LogP contribution in [0.1, 0.15) is 43.7 Å². The van der Waals surface area contributed by atoms with Crippen LogP contribution in [-0.2, 0) is 9.59 Å². The van der Waals surface area contributed by atoms with Crippen LogP contribution in [0.5, 0.6) is 5.75 Å². The van der Waals surface area contributed by atoms with Crippen LogP contribution in [0.4, 0.5) is 0 Å². The lowest BCUT2D eigenvalue weighted by molar-refractivity contribution is -0.130. The number of carbonyl (C=O) groups excluding carboxylic acids is 2. The molecule has 1 aliphatic heterocycles. The minimum atomic E-state index is -0.374. The number of hydrogen-bond acceptors (Lipinski definition) is 7. The quantitative estimate of drug-likeness (QED) is 0.530. The normalized spacial score (nSPS) is 20.9. The molecule has 1 aromatic heterocycles. The van der Waals surface area contributed by atoms with Crippen molar-refractivity contribution in [2.24, 2.45) is 0 Å². The number of rotatable bonds is 6. The first kappa shape index (κ1) is 22.0. The summed E-state index contributed by atoms with van der Waals surface area (Å²) in [5.41, 5.74) is 1.32. The standard InChI is InChI=1S/C26H31N3O4/c1-28-11-9-18(10-12-28)29(2)13-14-32-20-5-7-21-17(15-20)3-8-24-25(21)26(27-33-24)22-6-4-19(30)16-23(22)31/h3,5,7-8,15,18,22H,4,6,9-14,16H2,1-2H3/t22-/m0/s1. The molecule has 2 aromatic carbocycles. The second kappa shape index (κ2) is 9.23. The highest BCUT2D eigenvalue weighted by molar-refractivity contribution is 6.11. The van der Waals surface area contributed by atoms with Crippen LogP contribution in [0.3, 0.4) is 0 Å². The molecule has 1 atom stereocenters. The van der Waals surface area contributed by atoms with E-state index < -0.39 is 0 Å². The van der Waals surface area contributed by atoms with Gasteiger partial charge in [0.1, 0.15) is 29.6 Å². The van der Waals surface area contributed by atoms with Gasteiger partial charge in [0, 0.05) is 19.0 Å². The van der Waals surface area contributed by atoms with E-state index >= 15 is 0 Å². The van der Waals surface area contributed by atoms with Gasteiger partial charge in [-0.3, -0.25) is 14.5 Å². The average Bonchev–Trinajstić information content (AvgIpc) is 3.23. The third kappa shape index (κ3) is 4.52. The molecule has 7 heteroatoms. The molecule has 0 radical (unpaired) electrons. The van der Waals surface area contributed by atoms with Gasteiger partial charge in [0.15, 0.2) is 5.58 Å². The van der Waals surface area contributed by atoms with E-state index in [1.165, 1.54) is 12.8 Å². The summed E-state index contributed by atoms with van der Waals surface area (Å²) < 4.78 is 11.6. The van der Waals surface area contributed by atoms with Crippen molar-refractivity contribution in [1.82, 2.24) is 15.0 Å². The topological polar surface area (TPSA) is 75.9 Å². The molecule has 1 saturated carbocycles. The van der Waals surface area contributed by atoms with Crippen LogP contribution < -0.4 is 4.74 Å². The lowest BCUT2D eigenvalue weighted by Gasteiger charge is -2.35. The molecule has 2 fully saturated rings. The highest BCUT2D eigenvalue weighted by Gasteiger charge is 2.32. The number of carbonyl (C=O) groups is 2. The number of benzene rings is 2. The summed E-state index contributed by atoms with van der Waals surface area (Å²) in [5, 5.41) is 7.12. The van der Waals surface area contributed by atoms with E-state index in [2.05, 4.69) is 29.1 Å². The Balaban J connectivity index is 1.31. The average molecular weight is 450 g/mol. The van der Waals surface area contributed by atoms with Crippen molar-refractivity contribution in [2.45, 2.75) is 44.1 Å². The van der Waals surface area contributed by atoms with E-state index in [0.717, 1.165) is 41.5 Å². The van der Waals surface area contributed by atoms with Crippen molar-refractivity contribution in [1.29, 1.82) is 0 Å². The summed E-state index contributed by atoms with van der Waals surface area (Å²) >= 11 is 0. The maximum atomic E-state index is 12.5. The van der Waals surface area contributed by atoms with Gasteiger partial charge in [0.2, 0.25) is 0 Å². The van der Waals surface area contributed by atoms with Crippen molar-refractivity contribution >= 4 is 33.3 Å². The van der Waals surface area contributed by atoms with Gasteiger partial charge in [0.25, 0.3) is 0 Å². The zero-order valence-electron chi connectivity index (χ0n) is 19.4. The molecule has 3 aromatic rings. The van der Waals surface area contributed by atoms with Gasteiger partial charge in [-0.25, -0.2) is 0 Å². The highest BCUT2D eigenvalue weighted by Crippen LogP contribution is 2.37. The van der Waals surface area contributed by atoms with Crippen LogP contribution in [0, 0.1) is 0 Å². The number of nitrogens with zero attached hydrogens (tertiary/aromatic N) is 3. The largest absolute Gasteiger partial charge is 0.492 e. The molecule has 0 unspecified atom stereocenters. The van der Waals surface area contributed by atoms with Gasteiger partial charge in [-0.05, 0) is 81.5 Å². The van der Waals surface area contributed by atoms with Gasteiger partial charge in [-0.2, -0.15) is 0 Å². The summed E-state index contributed by atoms with van der Waals surface area (Å²) in [6, 6.07) is 10.5. The number of piperidine rings is 1. The summed E-state index contributed by atoms with van der Waals surface area (Å²) in [5.74, 6) is 0.404. The minimum absolute atomic E-state index is 0.00617. The van der Waals surface area contributed by atoms with Crippen LogP contribution >= 0.6 is 0 Å². The third-order valence-corrected chi connectivity index (χ3v) is 7.28. The molecule has 5 rings (SSSR count). The molecule has 0 bridgehead atoms. The van der Waals surface area contributed by atoms with Crippen LogP contribution in [0.2, 0.25) is 0 Å². The Kier molecular flexibility index (Phi) is 6.17. The van der Waals surface area contributed by atoms with Gasteiger partial charge in [-0.1, -0.05) is 11.2 Å². The van der Waals surface area contributed by atoms with Crippen molar-refractivity contribution in [3.8, 4) is 5.75 Å². The van der Waals surface area contributed by atoms with Crippen molar-refractivity contribution < 1.29 is 18.8 Å². The van der Waals surface area contributed by atoms with Crippen LogP contribution in [0.15, 0.2) is 34.9 Å². The van der Waals surface area contributed by atoms with E-state index in [0.29, 0.717) is 36.8 Å². The molecule has 0 N–H and O–H groups in total. The van der Waals surface area contributed by atoms with Gasteiger partial charge in [-0.15, -0.1) is 0 Å². The van der Waals surface area contributed by atoms with E-state index in [9.17, 15) is 9.59 Å². The summed E-state index contributed by atoms with van der Waals surface area (Å²) in [4.78, 5) is 29.0. The zero-order chi connectivity index (χ0) is 22.9. The van der Waals surface area contributed by atoms with Gasteiger partial charge < -0.3 is 14.2 Å². The SMILES string of the molecule is CN1CCC(N(C)CCOc2ccc3c(ccc4onc([C@H]5CCC(=O)CC5=O)c43)c2)CC1. The maximum absolute atomic E-state index is 12.5. The molecule has 2 heterocycles. The van der Waals surface area contributed by atoms with Crippen molar-refractivity contribution in [3.63, 3.8) is 0 Å². The van der Waals surface area contributed by atoms with E-state index in [1.54, 1.807) is 0 Å². The molecular formula is C26H31N3O4. The van der Waals surface area contributed by atoms with E-state index in [1.807, 2.05) is 30.3 Å². The van der Waals surface area contributed by atoms with E-state index in [-0.39, 0.29) is 23.9 Å². The maximum Gasteiger partial charge on any atom is 0.167 e. The number of ether oxygens (including phenoxy) is 1. The number of ketones is 2. The first-order valence-electron chi connectivity index (χ1n) is 11.9. The highest BCUT2D eigenvalue weighted by atomic mass is 16.5. The minimum Gasteiger partial charge on any atom is -0.492 e. The molecule has 174 valence electrons.